The van der Waals surface area contributed by atoms with Crippen LogP contribution >= 0.6 is 11.6 Å². The zero-order chi connectivity index (χ0) is 20.6. The van der Waals surface area contributed by atoms with Gasteiger partial charge in [-0.1, -0.05) is 36.2 Å². The third-order valence-corrected chi connectivity index (χ3v) is 7.01. The Morgan fingerprint density at radius 1 is 1.17 bits per heavy atom. The van der Waals surface area contributed by atoms with E-state index in [-0.39, 0.29) is 22.4 Å². The van der Waals surface area contributed by atoms with Crippen molar-refractivity contribution in [3.05, 3.63) is 58.6 Å². The number of nitrogens with zero attached hydrogens (tertiary/aromatic N) is 2. The lowest BCUT2D eigenvalue weighted by molar-refractivity contribution is 0.0939. The number of fused-ring (bicyclic) bond motifs is 3. The highest BCUT2D eigenvalue weighted by molar-refractivity contribution is 7.90. The molecule has 1 N–H and O–H groups in total. The molecular formula is C21H22ClN3O3S. The number of carbonyl (C=O) groups is 1. The molecule has 6 nitrogen and oxygen atoms in total. The summed E-state index contributed by atoms with van der Waals surface area (Å²) in [6.45, 7) is 2.57. The molecule has 0 saturated carbocycles. The summed E-state index contributed by atoms with van der Waals surface area (Å²) in [4.78, 5) is 14.8. The molecule has 1 fully saturated rings. The van der Waals surface area contributed by atoms with Gasteiger partial charge < -0.3 is 10.2 Å². The van der Waals surface area contributed by atoms with Gasteiger partial charge in [0.2, 0.25) is 0 Å². The quantitative estimate of drug-likeness (QED) is 0.785. The van der Waals surface area contributed by atoms with Crippen molar-refractivity contribution in [1.82, 2.24) is 5.32 Å². The fourth-order valence-electron chi connectivity index (χ4n) is 3.81. The minimum atomic E-state index is -3.83. The summed E-state index contributed by atoms with van der Waals surface area (Å²) in [7, 11) is -3.83. The fourth-order valence-corrected chi connectivity index (χ4v) is 5.39. The van der Waals surface area contributed by atoms with E-state index < -0.39 is 10.0 Å². The van der Waals surface area contributed by atoms with Crippen LogP contribution in [0.15, 0.2) is 51.8 Å². The predicted octanol–water partition coefficient (Wildman–Crippen LogP) is 4.31. The highest BCUT2D eigenvalue weighted by Crippen LogP contribution is 2.35. The number of hydrogen-bond donors (Lipinski definition) is 1. The lowest BCUT2D eigenvalue weighted by Crippen LogP contribution is -2.35. The summed E-state index contributed by atoms with van der Waals surface area (Å²) in [5.41, 5.74) is 1.68. The third kappa shape index (κ3) is 3.89. The molecule has 0 bridgehead atoms. The van der Waals surface area contributed by atoms with Crippen LogP contribution in [0.4, 0.5) is 5.69 Å². The van der Waals surface area contributed by atoms with Crippen molar-refractivity contribution in [1.29, 1.82) is 0 Å². The maximum Gasteiger partial charge on any atom is 0.286 e. The van der Waals surface area contributed by atoms with Crippen LogP contribution < -0.4 is 10.2 Å². The Balaban J connectivity index is 1.64. The van der Waals surface area contributed by atoms with Crippen LogP contribution in [0.1, 0.15) is 54.6 Å². The van der Waals surface area contributed by atoms with E-state index in [1.54, 1.807) is 18.2 Å². The third-order valence-electron chi connectivity index (χ3n) is 5.33. The van der Waals surface area contributed by atoms with Crippen molar-refractivity contribution in [2.24, 2.45) is 4.40 Å². The monoisotopic (exact) mass is 431 g/mol. The number of anilines is 1. The molecular weight excluding hydrogens is 410 g/mol. The molecule has 1 amide bonds. The van der Waals surface area contributed by atoms with Crippen LogP contribution in [0.25, 0.3) is 0 Å². The minimum absolute atomic E-state index is 0.0844. The average Bonchev–Trinajstić information content (AvgIpc) is 2.92. The Hall–Kier alpha value is -2.38. The second-order valence-electron chi connectivity index (χ2n) is 7.34. The molecule has 2 aliphatic rings. The number of carbonyl (C=O) groups excluding carboxylic acids is 1. The molecule has 1 unspecified atom stereocenters. The Bertz CT molecular complexity index is 1100. The lowest BCUT2D eigenvalue weighted by Gasteiger charge is -2.29. The average molecular weight is 432 g/mol. The summed E-state index contributed by atoms with van der Waals surface area (Å²) in [6, 6.07) is 11.8. The topological polar surface area (TPSA) is 78.8 Å². The molecule has 0 aliphatic carbocycles. The zero-order valence-electron chi connectivity index (χ0n) is 16.1. The zero-order valence-corrected chi connectivity index (χ0v) is 17.6. The second kappa shape index (κ2) is 7.80. The normalized spacial score (nSPS) is 18.7. The predicted molar refractivity (Wildman–Crippen MR) is 114 cm³/mol. The number of nitrogens with one attached hydrogen (secondary N) is 1. The summed E-state index contributed by atoms with van der Waals surface area (Å²) < 4.78 is 29.5. The lowest BCUT2D eigenvalue weighted by atomic mass is 10.1. The summed E-state index contributed by atoms with van der Waals surface area (Å²) in [5.74, 6) is 0.237. The molecule has 2 heterocycles. The van der Waals surface area contributed by atoms with Gasteiger partial charge in [0.15, 0.2) is 0 Å². The molecule has 2 aliphatic heterocycles. The van der Waals surface area contributed by atoms with Gasteiger partial charge in [0.05, 0.1) is 11.7 Å². The molecule has 1 saturated heterocycles. The number of sulfonamides is 1. The Labute approximate surface area is 175 Å². The van der Waals surface area contributed by atoms with E-state index in [9.17, 15) is 13.2 Å². The highest BCUT2D eigenvalue weighted by Gasteiger charge is 2.32. The molecule has 4 rings (SSSR count). The van der Waals surface area contributed by atoms with Gasteiger partial charge in [0.25, 0.3) is 15.9 Å². The Morgan fingerprint density at radius 3 is 2.76 bits per heavy atom. The van der Waals surface area contributed by atoms with Gasteiger partial charge in [-0.3, -0.25) is 4.79 Å². The van der Waals surface area contributed by atoms with Crippen LogP contribution in [0.5, 0.6) is 0 Å². The van der Waals surface area contributed by atoms with Crippen molar-refractivity contribution in [3.8, 4) is 0 Å². The molecule has 8 heteroatoms. The maximum absolute atomic E-state index is 12.8. The number of amides is 1. The van der Waals surface area contributed by atoms with Crippen molar-refractivity contribution in [2.45, 2.75) is 43.5 Å². The second-order valence-corrected chi connectivity index (χ2v) is 9.32. The van der Waals surface area contributed by atoms with E-state index in [1.165, 1.54) is 6.07 Å². The molecule has 2 aromatic rings. The first-order chi connectivity index (χ1) is 13.9. The van der Waals surface area contributed by atoms with Gasteiger partial charge in [-0.25, -0.2) is 0 Å². The maximum atomic E-state index is 12.8. The van der Waals surface area contributed by atoms with Gasteiger partial charge in [-0.05, 0) is 49.6 Å². The van der Waals surface area contributed by atoms with Gasteiger partial charge in [0, 0.05) is 23.6 Å². The van der Waals surface area contributed by atoms with Crippen LogP contribution in [0.2, 0.25) is 5.02 Å². The van der Waals surface area contributed by atoms with Gasteiger partial charge in [0.1, 0.15) is 10.7 Å². The molecule has 152 valence electrons. The molecule has 1 atom stereocenters. The van der Waals surface area contributed by atoms with Crippen molar-refractivity contribution >= 4 is 39.1 Å². The van der Waals surface area contributed by atoms with Crippen LogP contribution in [-0.4, -0.2) is 26.7 Å². The fraction of sp³-hybridized carbons (Fsp3) is 0.333. The smallest absolute Gasteiger partial charge is 0.286 e. The largest absolute Gasteiger partial charge is 0.345 e. The molecule has 2 aromatic carbocycles. The van der Waals surface area contributed by atoms with Crippen LogP contribution in [-0.2, 0) is 10.0 Å². The van der Waals surface area contributed by atoms with Crippen molar-refractivity contribution in [3.63, 3.8) is 0 Å². The highest BCUT2D eigenvalue weighted by atomic mass is 35.5. The molecule has 0 radical (unpaired) electrons. The molecule has 29 heavy (non-hydrogen) atoms. The Morgan fingerprint density at radius 2 is 1.97 bits per heavy atom. The number of halogens is 1. The Kier molecular flexibility index (Phi) is 5.36. The molecule has 0 aromatic heterocycles. The molecule has 0 spiro atoms. The number of amidine groups is 1. The first kappa shape index (κ1) is 19.9. The number of benzene rings is 2. The first-order valence-electron chi connectivity index (χ1n) is 9.67. The SMILES string of the molecule is CC(NC(=O)c1ccc2c(c1)S(=O)(=O)N=C1CCCCCN12)c1ccccc1Cl. The van der Waals surface area contributed by atoms with Crippen LogP contribution in [0, 0.1) is 0 Å². The first-order valence-corrected chi connectivity index (χ1v) is 11.5. The number of rotatable bonds is 3. The van der Waals surface area contributed by atoms with Crippen molar-refractivity contribution < 1.29 is 13.2 Å². The minimum Gasteiger partial charge on any atom is -0.345 e. The van der Waals surface area contributed by atoms with Gasteiger partial charge in [-0.15, -0.1) is 4.40 Å². The van der Waals surface area contributed by atoms with E-state index >= 15 is 0 Å². The number of hydrogen-bond acceptors (Lipinski definition) is 4. The summed E-state index contributed by atoms with van der Waals surface area (Å²) >= 11 is 6.21. The van der Waals surface area contributed by atoms with Crippen molar-refractivity contribution in [2.75, 3.05) is 11.4 Å². The van der Waals surface area contributed by atoms with E-state index in [4.69, 9.17) is 11.6 Å². The summed E-state index contributed by atoms with van der Waals surface area (Å²) in [5, 5.41) is 3.45. The van der Waals surface area contributed by atoms with E-state index in [0.717, 1.165) is 31.4 Å². The van der Waals surface area contributed by atoms with E-state index in [1.807, 2.05) is 30.0 Å². The van der Waals surface area contributed by atoms with Crippen LogP contribution in [0.3, 0.4) is 0 Å². The standard InChI is InChI=1S/C21H22ClN3O3S/c1-14(16-7-4-5-8-17(16)22)23-21(26)15-10-11-18-19(13-15)29(27,28)24-20-9-3-2-6-12-25(18)20/h4-5,7-8,10-11,13-14H,2-3,6,9,12H2,1H3,(H,23,26). The van der Waals surface area contributed by atoms with Gasteiger partial charge in [-0.2, -0.15) is 8.42 Å². The summed E-state index contributed by atoms with van der Waals surface area (Å²) in [6.07, 6.45) is 3.61. The van der Waals surface area contributed by atoms with E-state index in [0.29, 0.717) is 23.0 Å². The van der Waals surface area contributed by atoms with Gasteiger partial charge >= 0.3 is 0 Å². The van der Waals surface area contributed by atoms with E-state index in [2.05, 4.69) is 9.71 Å².